The van der Waals surface area contributed by atoms with Crippen molar-refractivity contribution >= 4 is 17.5 Å². The molecule has 8 nitrogen and oxygen atoms in total. The Morgan fingerprint density at radius 3 is 2.78 bits per heavy atom. The van der Waals surface area contributed by atoms with Gasteiger partial charge in [0, 0.05) is 43.0 Å². The Morgan fingerprint density at radius 1 is 1.28 bits per heavy atom. The number of aryl methyl sites for hydroxylation is 1. The van der Waals surface area contributed by atoms with E-state index in [9.17, 15) is 23.1 Å². The number of aliphatic hydroxyl groups is 1. The second-order valence-electron chi connectivity index (χ2n) is 9.22. The van der Waals surface area contributed by atoms with Crippen LogP contribution in [0.1, 0.15) is 25.3 Å². The van der Waals surface area contributed by atoms with E-state index >= 15 is 0 Å². The van der Waals surface area contributed by atoms with E-state index in [1.165, 1.54) is 4.90 Å². The van der Waals surface area contributed by atoms with E-state index in [2.05, 4.69) is 25.8 Å². The van der Waals surface area contributed by atoms with Crippen LogP contribution in [0.25, 0.3) is 22.4 Å². The summed E-state index contributed by atoms with van der Waals surface area (Å²) in [6, 6.07) is 8.64. The summed E-state index contributed by atoms with van der Waals surface area (Å²) in [5.74, 6) is 0.00147. The number of urea groups is 1. The molecule has 0 spiro atoms. The molecule has 1 fully saturated rings. The van der Waals surface area contributed by atoms with Crippen molar-refractivity contribution < 1.29 is 23.1 Å². The molecule has 1 aromatic carbocycles. The third kappa shape index (κ3) is 6.34. The summed E-state index contributed by atoms with van der Waals surface area (Å²) >= 11 is 0. The van der Waals surface area contributed by atoms with Gasteiger partial charge in [0.25, 0.3) is 0 Å². The summed E-state index contributed by atoms with van der Waals surface area (Å²) in [7, 11) is 0. The maximum Gasteiger partial charge on any atom is 0.389 e. The first kappa shape index (κ1) is 25.5. The number of nitrogens with one attached hydrogen (secondary N) is 3. The van der Waals surface area contributed by atoms with Gasteiger partial charge in [-0.3, -0.25) is 5.10 Å². The predicted octanol–water partition coefficient (Wildman–Crippen LogP) is 5.05. The van der Waals surface area contributed by atoms with Crippen molar-refractivity contribution in [2.24, 2.45) is 5.92 Å². The number of pyridine rings is 1. The van der Waals surface area contributed by atoms with Gasteiger partial charge in [0.15, 0.2) is 0 Å². The van der Waals surface area contributed by atoms with Crippen molar-refractivity contribution in [3.63, 3.8) is 0 Å². The average Bonchev–Trinajstić information content (AvgIpc) is 3.51. The highest BCUT2D eigenvalue weighted by Gasteiger charge is 2.36. The number of aromatic nitrogens is 3. The number of alkyl halides is 3. The third-order valence-electron chi connectivity index (χ3n) is 6.18. The number of nitrogens with zero attached hydrogens (tertiary/aromatic N) is 3. The molecule has 4 rings (SSSR count). The molecule has 4 N–H and O–H groups in total. The van der Waals surface area contributed by atoms with Gasteiger partial charge in [-0.05, 0) is 67.1 Å². The minimum atomic E-state index is -4.23. The van der Waals surface area contributed by atoms with Crippen LogP contribution in [0, 0.1) is 12.8 Å². The fourth-order valence-corrected chi connectivity index (χ4v) is 4.32. The summed E-state index contributed by atoms with van der Waals surface area (Å²) in [5, 5.41) is 22.2. The Bertz CT molecular complexity index is 1200. The van der Waals surface area contributed by atoms with Crippen molar-refractivity contribution in [3.8, 4) is 22.4 Å². The van der Waals surface area contributed by atoms with E-state index < -0.39 is 24.5 Å². The van der Waals surface area contributed by atoms with Gasteiger partial charge < -0.3 is 20.6 Å². The molecule has 3 heterocycles. The minimum Gasteiger partial charge on any atom is -0.394 e. The molecule has 2 amide bonds. The molecule has 1 aliphatic rings. The Labute approximate surface area is 206 Å². The van der Waals surface area contributed by atoms with E-state index in [0.29, 0.717) is 30.2 Å². The van der Waals surface area contributed by atoms with Crippen molar-refractivity contribution in [3.05, 3.63) is 48.3 Å². The van der Waals surface area contributed by atoms with Crippen molar-refractivity contribution in [1.82, 2.24) is 20.1 Å². The highest BCUT2D eigenvalue weighted by Crippen LogP contribution is 2.33. The molecule has 0 bridgehead atoms. The Balaban J connectivity index is 1.57. The predicted molar refractivity (Wildman–Crippen MR) is 132 cm³/mol. The highest BCUT2D eigenvalue weighted by atomic mass is 19.4. The highest BCUT2D eigenvalue weighted by molar-refractivity contribution is 5.91. The summed E-state index contributed by atoms with van der Waals surface area (Å²) in [5.41, 5.74) is 4.67. The number of halogens is 3. The van der Waals surface area contributed by atoms with Gasteiger partial charge in [0.05, 0.1) is 18.5 Å². The lowest BCUT2D eigenvalue weighted by atomic mass is 9.99. The molecule has 2 aromatic heterocycles. The second kappa shape index (κ2) is 10.6. The first-order valence-corrected chi connectivity index (χ1v) is 11.7. The summed E-state index contributed by atoms with van der Waals surface area (Å²) < 4.78 is 38.2. The first-order valence-electron chi connectivity index (χ1n) is 11.7. The second-order valence-corrected chi connectivity index (χ2v) is 9.22. The number of anilines is 2. The van der Waals surface area contributed by atoms with Crippen LogP contribution in [0.5, 0.6) is 0 Å². The van der Waals surface area contributed by atoms with Crippen LogP contribution in [-0.4, -0.2) is 63.1 Å². The van der Waals surface area contributed by atoms with Crippen LogP contribution in [0.4, 0.5) is 29.5 Å². The molecule has 11 heteroatoms. The molecular weight excluding hydrogens is 473 g/mol. The van der Waals surface area contributed by atoms with Gasteiger partial charge in [-0.15, -0.1) is 0 Å². The van der Waals surface area contributed by atoms with Crippen molar-refractivity contribution in [1.29, 1.82) is 0 Å². The van der Waals surface area contributed by atoms with Crippen LogP contribution in [0.2, 0.25) is 0 Å². The number of likely N-dealkylation sites (tertiary alicyclic amines) is 1. The zero-order valence-electron chi connectivity index (χ0n) is 20.1. The Morgan fingerprint density at radius 2 is 2.08 bits per heavy atom. The molecule has 0 radical (unpaired) electrons. The number of hydrogen-bond acceptors (Lipinski definition) is 5. The Hall–Kier alpha value is -3.60. The number of carbonyl (C=O) groups is 1. The largest absolute Gasteiger partial charge is 0.394 e. The average molecular weight is 503 g/mol. The summed E-state index contributed by atoms with van der Waals surface area (Å²) in [4.78, 5) is 18.8. The van der Waals surface area contributed by atoms with Crippen LogP contribution in [-0.2, 0) is 0 Å². The van der Waals surface area contributed by atoms with Crippen LogP contribution < -0.4 is 10.6 Å². The third-order valence-corrected chi connectivity index (χ3v) is 6.18. The fraction of sp³-hybridized carbons (Fsp3) is 0.400. The zero-order chi connectivity index (χ0) is 25.9. The maximum atomic E-state index is 12.8. The van der Waals surface area contributed by atoms with Crippen LogP contribution >= 0.6 is 0 Å². The maximum absolute atomic E-state index is 12.8. The number of aliphatic hydroxyl groups excluding tert-OH is 1. The standard InChI is InChI=1S/C25H29F3N6O2/c1-15-3-4-20(32-24(36)34-6-5-17(13-34)10-25(26,27)28)9-21(15)18-7-22(19-11-29-30-12-19)33-23(8-18)31-16(2)14-35/h3-4,7-9,11-12,16-17,35H,5-6,10,13-14H2,1-2H3,(H,29,30)(H,31,33)(H,32,36). The van der Waals surface area contributed by atoms with Gasteiger partial charge in [-0.25, -0.2) is 9.78 Å². The van der Waals surface area contributed by atoms with Crippen LogP contribution in [0.15, 0.2) is 42.7 Å². The fourth-order valence-electron chi connectivity index (χ4n) is 4.32. The molecule has 2 atom stereocenters. The van der Waals surface area contributed by atoms with Gasteiger partial charge in [-0.2, -0.15) is 18.3 Å². The lowest BCUT2D eigenvalue weighted by molar-refractivity contribution is -0.143. The lowest BCUT2D eigenvalue weighted by Crippen LogP contribution is -2.33. The zero-order valence-corrected chi connectivity index (χ0v) is 20.1. The van der Waals surface area contributed by atoms with E-state index in [4.69, 9.17) is 0 Å². The lowest BCUT2D eigenvalue weighted by Gasteiger charge is -2.19. The summed E-state index contributed by atoms with van der Waals surface area (Å²) in [6.07, 6.45) is -1.38. The molecule has 1 aliphatic heterocycles. The number of rotatable bonds is 7. The number of hydrogen-bond donors (Lipinski definition) is 4. The van der Waals surface area contributed by atoms with Gasteiger partial charge in [0.2, 0.25) is 0 Å². The van der Waals surface area contributed by atoms with Gasteiger partial charge >= 0.3 is 12.2 Å². The van der Waals surface area contributed by atoms with E-state index in [1.54, 1.807) is 18.5 Å². The molecule has 1 saturated heterocycles. The monoisotopic (exact) mass is 502 g/mol. The molecule has 0 aliphatic carbocycles. The number of carbonyl (C=O) groups excluding carboxylic acids is 1. The van der Waals surface area contributed by atoms with Crippen molar-refractivity contribution in [2.75, 3.05) is 30.3 Å². The number of H-pyrrole nitrogens is 1. The van der Waals surface area contributed by atoms with E-state index in [0.717, 1.165) is 22.3 Å². The van der Waals surface area contributed by atoms with Crippen LogP contribution in [0.3, 0.4) is 0 Å². The quantitative estimate of drug-likeness (QED) is 0.362. The molecule has 36 heavy (non-hydrogen) atoms. The van der Waals surface area contributed by atoms with Crippen molar-refractivity contribution in [2.45, 2.75) is 38.9 Å². The van der Waals surface area contributed by atoms with Gasteiger partial charge in [-0.1, -0.05) is 6.07 Å². The molecule has 0 saturated carbocycles. The number of benzene rings is 1. The van der Waals surface area contributed by atoms with E-state index in [1.807, 2.05) is 38.1 Å². The normalized spacial score (nSPS) is 16.7. The topological polar surface area (TPSA) is 106 Å². The summed E-state index contributed by atoms with van der Waals surface area (Å²) in [6.45, 7) is 4.10. The number of amides is 2. The molecule has 2 unspecified atom stereocenters. The Kier molecular flexibility index (Phi) is 7.48. The molecule has 192 valence electrons. The first-order chi connectivity index (χ1) is 17.1. The SMILES string of the molecule is Cc1ccc(NC(=O)N2CCC(CC(F)(F)F)C2)cc1-c1cc(NC(C)CO)nc(-c2cn[nH]c2)c1. The van der Waals surface area contributed by atoms with E-state index in [-0.39, 0.29) is 19.2 Å². The minimum absolute atomic E-state index is 0.0617. The smallest absolute Gasteiger partial charge is 0.389 e. The molecular formula is C25H29F3N6O2. The molecule has 3 aromatic rings. The van der Waals surface area contributed by atoms with Gasteiger partial charge in [0.1, 0.15) is 5.82 Å². The number of aromatic amines is 1.